The van der Waals surface area contributed by atoms with Crippen molar-refractivity contribution in [1.82, 2.24) is 5.32 Å². The van der Waals surface area contributed by atoms with E-state index in [-0.39, 0.29) is 24.2 Å². The minimum Gasteiger partial charge on any atom is -0.493 e. The third kappa shape index (κ3) is 4.57. The number of rotatable bonds is 7. The van der Waals surface area contributed by atoms with Crippen LogP contribution >= 0.6 is 11.6 Å². The van der Waals surface area contributed by atoms with Crippen molar-refractivity contribution in [3.63, 3.8) is 0 Å². The number of benzene rings is 2. The molecule has 0 bridgehead atoms. The quantitative estimate of drug-likeness (QED) is 0.770. The second kappa shape index (κ2) is 8.97. The summed E-state index contributed by atoms with van der Waals surface area (Å²) in [6.07, 6.45) is 0.195. The van der Waals surface area contributed by atoms with Crippen molar-refractivity contribution >= 4 is 29.1 Å². The van der Waals surface area contributed by atoms with Crippen molar-refractivity contribution in [2.75, 3.05) is 25.2 Å². The minimum absolute atomic E-state index is 0.0646. The van der Waals surface area contributed by atoms with Gasteiger partial charge in [-0.3, -0.25) is 9.59 Å². The van der Waals surface area contributed by atoms with Gasteiger partial charge in [0.1, 0.15) is 0 Å². The van der Waals surface area contributed by atoms with E-state index in [9.17, 15) is 9.59 Å². The van der Waals surface area contributed by atoms with Crippen molar-refractivity contribution in [2.45, 2.75) is 19.9 Å². The summed E-state index contributed by atoms with van der Waals surface area (Å²) in [5.74, 6) is 0.703. The second-order valence-electron chi connectivity index (χ2n) is 6.52. The summed E-state index contributed by atoms with van der Waals surface area (Å²) >= 11 is 5.90. The molecule has 2 aromatic rings. The predicted octanol–water partition coefficient (Wildman–Crippen LogP) is 3.42. The maximum atomic E-state index is 12.6. The molecular formula is C21H23ClN2O4. The predicted molar refractivity (Wildman–Crippen MR) is 108 cm³/mol. The molecule has 0 aliphatic carbocycles. The number of hydrogen-bond acceptors (Lipinski definition) is 4. The van der Waals surface area contributed by atoms with E-state index in [2.05, 4.69) is 5.32 Å². The summed E-state index contributed by atoms with van der Waals surface area (Å²) in [5.41, 5.74) is 1.65. The summed E-state index contributed by atoms with van der Waals surface area (Å²) in [6, 6.07) is 12.6. The molecule has 0 spiro atoms. The zero-order chi connectivity index (χ0) is 20.1. The van der Waals surface area contributed by atoms with E-state index < -0.39 is 0 Å². The molecule has 1 fully saturated rings. The molecule has 2 aromatic carbocycles. The highest BCUT2D eigenvalue weighted by atomic mass is 35.5. The number of carbonyl (C=O) groups excluding carboxylic acids is 2. The molecule has 1 unspecified atom stereocenters. The number of amides is 2. The average Bonchev–Trinajstić information content (AvgIpc) is 3.09. The molecular weight excluding hydrogens is 380 g/mol. The van der Waals surface area contributed by atoms with Crippen LogP contribution < -0.4 is 19.7 Å². The highest BCUT2D eigenvalue weighted by molar-refractivity contribution is 6.30. The second-order valence-corrected chi connectivity index (χ2v) is 6.95. The van der Waals surface area contributed by atoms with E-state index in [1.165, 1.54) is 0 Å². The van der Waals surface area contributed by atoms with Crippen LogP contribution in [0.15, 0.2) is 42.5 Å². The van der Waals surface area contributed by atoms with Crippen LogP contribution in [0.4, 0.5) is 5.69 Å². The lowest BCUT2D eigenvalue weighted by atomic mass is 10.1. The first kappa shape index (κ1) is 20.0. The molecule has 0 aromatic heterocycles. The lowest BCUT2D eigenvalue weighted by Crippen LogP contribution is -2.32. The molecule has 1 N–H and O–H groups in total. The molecule has 28 heavy (non-hydrogen) atoms. The highest BCUT2D eigenvalue weighted by Gasteiger charge is 2.34. The van der Waals surface area contributed by atoms with E-state index in [0.717, 1.165) is 11.3 Å². The van der Waals surface area contributed by atoms with Crippen molar-refractivity contribution in [3.05, 3.63) is 53.1 Å². The van der Waals surface area contributed by atoms with Crippen LogP contribution in [0.2, 0.25) is 5.02 Å². The average molecular weight is 403 g/mol. The van der Waals surface area contributed by atoms with Gasteiger partial charge >= 0.3 is 0 Å². The van der Waals surface area contributed by atoms with Gasteiger partial charge in [-0.25, -0.2) is 0 Å². The van der Waals surface area contributed by atoms with Crippen LogP contribution in [0.5, 0.6) is 11.5 Å². The summed E-state index contributed by atoms with van der Waals surface area (Å²) in [5, 5.41) is 3.52. The van der Waals surface area contributed by atoms with Gasteiger partial charge in [0.25, 0.3) is 0 Å². The first-order valence-corrected chi connectivity index (χ1v) is 9.53. The molecule has 3 rings (SSSR count). The van der Waals surface area contributed by atoms with Crippen molar-refractivity contribution in [2.24, 2.45) is 5.92 Å². The van der Waals surface area contributed by atoms with Crippen LogP contribution in [-0.2, 0) is 16.1 Å². The topological polar surface area (TPSA) is 67.9 Å². The minimum atomic E-state index is -0.382. The van der Waals surface area contributed by atoms with Crippen LogP contribution in [0.1, 0.15) is 18.9 Å². The van der Waals surface area contributed by atoms with Gasteiger partial charge in [0.15, 0.2) is 11.5 Å². The smallest absolute Gasteiger partial charge is 0.227 e. The number of carbonyl (C=O) groups is 2. The molecule has 148 valence electrons. The van der Waals surface area contributed by atoms with E-state index in [1.54, 1.807) is 36.3 Å². The Labute approximate surface area is 169 Å². The monoisotopic (exact) mass is 402 g/mol. The molecule has 6 nitrogen and oxygen atoms in total. The molecule has 1 atom stereocenters. The lowest BCUT2D eigenvalue weighted by molar-refractivity contribution is -0.126. The zero-order valence-electron chi connectivity index (χ0n) is 15.9. The number of hydrogen-bond donors (Lipinski definition) is 1. The van der Waals surface area contributed by atoms with E-state index in [1.807, 2.05) is 25.1 Å². The largest absolute Gasteiger partial charge is 0.493 e. The SMILES string of the molecule is CCOc1ccc(CNC(=O)C2CC(=O)N(c3ccc(Cl)cc3)C2)cc1OC. The highest BCUT2D eigenvalue weighted by Crippen LogP contribution is 2.29. The maximum Gasteiger partial charge on any atom is 0.227 e. The lowest BCUT2D eigenvalue weighted by Gasteiger charge is -2.17. The molecule has 1 saturated heterocycles. The molecule has 1 aliphatic rings. The van der Waals surface area contributed by atoms with Gasteiger partial charge in [0.2, 0.25) is 11.8 Å². The summed E-state index contributed by atoms with van der Waals surface area (Å²) < 4.78 is 10.8. The summed E-state index contributed by atoms with van der Waals surface area (Å²) in [6.45, 7) is 3.17. The Morgan fingerprint density at radius 2 is 1.96 bits per heavy atom. The fourth-order valence-corrected chi connectivity index (χ4v) is 3.31. The Morgan fingerprint density at radius 1 is 1.21 bits per heavy atom. The molecule has 1 heterocycles. The van der Waals surface area contributed by atoms with Gasteiger partial charge in [-0.2, -0.15) is 0 Å². The van der Waals surface area contributed by atoms with Gasteiger partial charge in [-0.15, -0.1) is 0 Å². The van der Waals surface area contributed by atoms with Gasteiger partial charge in [0, 0.05) is 30.2 Å². The van der Waals surface area contributed by atoms with Crippen molar-refractivity contribution in [3.8, 4) is 11.5 Å². The molecule has 7 heteroatoms. The van der Waals surface area contributed by atoms with Gasteiger partial charge in [-0.05, 0) is 48.9 Å². The van der Waals surface area contributed by atoms with Crippen molar-refractivity contribution < 1.29 is 19.1 Å². The summed E-state index contributed by atoms with van der Waals surface area (Å²) in [7, 11) is 1.58. The summed E-state index contributed by atoms with van der Waals surface area (Å²) in [4.78, 5) is 26.5. The first-order chi connectivity index (χ1) is 13.5. The van der Waals surface area contributed by atoms with Gasteiger partial charge in [0.05, 0.1) is 19.6 Å². The third-order valence-electron chi connectivity index (χ3n) is 4.63. The number of halogens is 1. The number of nitrogens with zero attached hydrogens (tertiary/aromatic N) is 1. The molecule has 0 radical (unpaired) electrons. The third-order valence-corrected chi connectivity index (χ3v) is 4.88. The number of nitrogens with one attached hydrogen (secondary N) is 1. The molecule has 2 amide bonds. The Kier molecular flexibility index (Phi) is 6.41. The molecule has 1 aliphatic heterocycles. The number of methoxy groups -OCH3 is 1. The zero-order valence-corrected chi connectivity index (χ0v) is 16.7. The molecule has 0 saturated carbocycles. The van der Waals surface area contributed by atoms with Gasteiger partial charge < -0.3 is 19.7 Å². The van der Waals surface area contributed by atoms with Crippen LogP contribution in [0, 0.1) is 5.92 Å². The number of ether oxygens (including phenoxy) is 2. The Balaban J connectivity index is 1.59. The number of anilines is 1. The van der Waals surface area contributed by atoms with E-state index in [0.29, 0.717) is 36.2 Å². The fourth-order valence-electron chi connectivity index (χ4n) is 3.18. The Morgan fingerprint density at radius 3 is 2.64 bits per heavy atom. The fraction of sp³-hybridized carbons (Fsp3) is 0.333. The Bertz CT molecular complexity index is 854. The van der Waals surface area contributed by atoms with E-state index in [4.69, 9.17) is 21.1 Å². The van der Waals surface area contributed by atoms with Crippen molar-refractivity contribution in [1.29, 1.82) is 0 Å². The van der Waals surface area contributed by atoms with E-state index >= 15 is 0 Å². The standard InChI is InChI=1S/C21H23ClN2O4/c1-3-28-18-9-4-14(10-19(18)27-2)12-23-21(26)15-11-20(25)24(13-15)17-7-5-16(22)6-8-17/h4-10,15H,3,11-13H2,1-2H3,(H,23,26). The first-order valence-electron chi connectivity index (χ1n) is 9.15. The van der Waals surface area contributed by atoms with Gasteiger partial charge in [-0.1, -0.05) is 17.7 Å². The van der Waals surface area contributed by atoms with Crippen LogP contribution in [0.25, 0.3) is 0 Å². The van der Waals surface area contributed by atoms with Crippen LogP contribution in [-0.4, -0.2) is 32.1 Å². The Hall–Kier alpha value is -2.73. The normalized spacial score (nSPS) is 16.2. The van der Waals surface area contributed by atoms with Crippen LogP contribution in [0.3, 0.4) is 0 Å². The maximum absolute atomic E-state index is 12.6.